The van der Waals surface area contributed by atoms with Gasteiger partial charge < -0.3 is 14.6 Å². The molecule has 1 atom stereocenters. The average Bonchev–Trinajstić information content (AvgIpc) is 2.31. The van der Waals surface area contributed by atoms with Gasteiger partial charge in [0.2, 0.25) is 0 Å². The second-order valence-electron chi connectivity index (χ2n) is 4.46. The highest BCUT2D eigenvalue weighted by Crippen LogP contribution is 2.24. The lowest BCUT2D eigenvalue weighted by Crippen LogP contribution is -2.39. The van der Waals surface area contributed by atoms with E-state index in [0.717, 1.165) is 0 Å². The third-order valence-electron chi connectivity index (χ3n) is 3.01. The topological polar surface area (TPSA) is 38.7 Å². The van der Waals surface area contributed by atoms with Crippen molar-refractivity contribution in [2.24, 2.45) is 0 Å². The van der Waals surface area contributed by atoms with Gasteiger partial charge in [0.1, 0.15) is 0 Å². The van der Waals surface area contributed by atoms with Crippen molar-refractivity contribution in [3.63, 3.8) is 0 Å². The molecule has 4 heteroatoms. The van der Waals surface area contributed by atoms with Gasteiger partial charge in [-0.25, -0.2) is 4.39 Å². The molecule has 0 aliphatic rings. The molecule has 0 saturated carbocycles. The summed E-state index contributed by atoms with van der Waals surface area (Å²) in [6.45, 7) is 3.52. The second-order valence-corrected chi connectivity index (χ2v) is 4.46. The lowest BCUT2D eigenvalue weighted by molar-refractivity contribution is -0.0767. The van der Waals surface area contributed by atoms with Gasteiger partial charge in [0, 0.05) is 13.5 Å². The summed E-state index contributed by atoms with van der Waals surface area (Å²) in [6, 6.07) is 4.88. The molecule has 0 bridgehead atoms. The first-order chi connectivity index (χ1) is 7.92. The van der Waals surface area contributed by atoms with Crippen molar-refractivity contribution in [1.82, 2.24) is 0 Å². The summed E-state index contributed by atoms with van der Waals surface area (Å²) in [6.07, 6.45) is -0.599. The van der Waals surface area contributed by atoms with Crippen molar-refractivity contribution in [2.75, 3.05) is 14.2 Å². The Morgan fingerprint density at radius 2 is 2.00 bits per heavy atom. The first-order valence-electron chi connectivity index (χ1n) is 5.47. The van der Waals surface area contributed by atoms with E-state index in [9.17, 15) is 9.50 Å². The summed E-state index contributed by atoms with van der Waals surface area (Å²) < 4.78 is 23.9. The molecule has 1 N–H and O–H groups in total. The number of hydrogen-bond donors (Lipinski definition) is 1. The van der Waals surface area contributed by atoms with E-state index in [1.165, 1.54) is 14.2 Å². The van der Waals surface area contributed by atoms with E-state index in [2.05, 4.69) is 0 Å². The van der Waals surface area contributed by atoms with E-state index in [-0.39, 0.29) is 12.2 Å². The normalized spacial score (nSPS) is 13.5. The van der Waals surface area contributed by atoms with Gasteiger partial charge in [-0.2, -0.15) is 0 Å². The first kappa shape index (κ1) is 13.9. The van der Waals surface area contributed by atoms with Crippen LogP contribution in [0.15, 0.2) is 18.2 Å². The quantitative estimate of drug-likeness (QED) is 0.860. The fourth-order valence-corrected chi connectivity index (χ4v) is 1.46. The standard InChI is InChI=1S/C13H19FO3/c1-13(2,17-4)11(15)8-9-6-5-7-10(16-3)12(9)14/h5-7,11,15H,8H2,1-4H3. The Morgan fingerprint density at radius 3 is 2.53 bits per heavy atom. The van der Waals surface area contributed by atoms with Crippen LogP contribution in [0.2, 0.25) is 0 Å². The Hall–Kier alpha value is -1.13. The highest BCUT2D eigenvalue weighted by atomic mass is 19.1. The van der Waals surface area contributed by atoms with Crippen LogP contribution >= 0.6 is 0 Å². The number of hydrogen-bond acceptors (Lipinski definition) is 3. The Bertz CT molecular complexity index is 377. The number of aliphatic hydroxyl groups is 1. The molecule has 1 aromatic carbocycles. The molecule has 3 nitrogen and oxygen atoms in total. The van der Waals surface area contributed by atoms with Crippen LogP contribution in [-0.2, 0) is 11.2 Å². The van der Waals surface area contributed by atoms with Gasteiger partial charge in [-0.3, -0.25) is 0 Å². The summed E-state index contributed by atoms with van der Waals surface area (Å²) in [4.78, 5) is 0. The summed E-state index contributed by atoms with van der Waals surface area (Å²) in [5.41, 5.74) is -0.294. The van der Waals surface area contributed by atoms with Crippen molar-refractivity contribution in [3.8, 4) is 5.75 Å². The van der Waals surface area contributed by atoms with Crippen LogP contribution < -0.4 is 4.74 Å². The number of aliphatic hydroxyl groups excluding tert-OH is 1. The van der Waals surface area contributed by atoms with E-state index in [0.29, 0.717) is 5.56 Å². The second kappa shape index (κ2) is 5.47. The molecule has 0 aromatic heterocycles. The Balaban J connectivity index is 2.89. The number of ether oxygens (including phenoxy) is 2. The largest absolute Gasteiger partial charge is 0.494 e. The summed E-state index contributed by atoms with van der Waals surface area (Å²) in [5.74, 6) is -0.245. The zero-order valence-corrected chi connectivity index (χ0v) is 10.7. The van der Waals surface area contributed by atoms with E-state index in [1.807, 2.05) is 0 Å². The summed E-state index contributed by atoms with van der Waals surface area (Å²) >= 11 is 0. The van der Waals surface area contributed by atoms with Gasteiger partial charge in [0.25, 0.3) is 0 Å². The lowest BCUT2D eigenvalue weighted by Gasteiger charge is -2.29. The number of halogens is 1. The average molecular weight is 242 g/mol. The molecular formula is C13H19FO3. The summed E-state index contributed by atoms with van der Waals surface area (Å²) in [7, 11) is 2.93. The van der Waals surface area contributed by atoms with E-state index < -0.39 is 17.5 Å². The van der Waals surface area contributed by atoms with Crippen molar-refractivity contribution < 1.29 is 19.0 Å². The van der Waals surface area contributed by atoms with Gasteiger partial charge in [0.05, 0.1) is 18.8 Å². The van der Waals surface area contributed by atoms with E-state index in [1.54, 1.807) is 32.0 Å². The molecule has 0 amide bonds. The minimum Gasteiger partial charge on any atom is -0.494 e. The van der Waals surface area contributed by atoms with Gasteiger partial charge in [-0.05, 0) is 25.5 Å². The number of benzene rings is 1. The van der Waals surface area contributed by atoms with Gasteiger partial charge >= 0.3 is 0 Å². The van der Waals surface area contributed by atoms with Gasteiger partial charge in [-0.1, -0.05) is 12.1 Å². The van der Waals surface area contributed by atoms with Crippen LogP contribution in [0.1, 0.15) is 19.4 Å². The zero-order chi connectivity index (χ0) is 13.1. The monoisotopic (exact) mass is 242 g/mol. The first-order valence-corrected chi connectivity index (χ1v) is 5.47. The third kappa shape index (κ3) is 3.17. The smallest absolute Gasteiger partial charge is 0.168 e. The Morgan fingerprint density at radius 1 is 1.35 bits per heavy atom. The van der Waals surface area contributed by atoms with Gasteiger partial charge in [0.15, 0.2) is 11.6 Å². The molecule has 1 unspecified atom stereocenters. The highest BCUT2D eigenvalue weighted by Gasteiger charge is 2.28. The fourth-order valence-electron chi connectivity index (χ4n) is 1.46. The predicted octanol–water partition coefficient (Wildman–Crippen LogP) is 2.16. The molecule has 96 valence electrons. The zero-order valence-electron chi connectivity index (χ0n) is 10.7. The molecule has 0 heterocycles. The minimum absolute atomic E-state index is 0.184. The van der Waals surface area contributed by atoms with E-state index >= 15 is 0 Å². The van der Waals surface area contributed by atoms with Crippen LogP contribution in [0.25, 0.3) is 0 Å². The lowest BCUT2D eigenvalue weighted by atomic mass is 9.94. The SMILES string of the molecule is COc1cccc(CC(O)C(C)(C)OC)c1F. The van der Waals surface area contributed by atoms with E-state index in [4.69, 9.17) is 9.47 Å². The van der Waals surface area contributed by atoms with Crippen LogP contribution in [0.4, 0.5) is 4.39 Å². The van der Waals surface area contributed by atoms with Crippen LogP contribution in [0, 0.1) is 5.82 Å². The maximum Gasteiger partial charge on any atom is 0.168 e. The highest BCUT2D eigenvalue weighted by molar-refractivity contribution is 5.31. The number of rotatable bonds is 5. The number of methoxy groups -OCH3 is 2. The third-order valence-corrected chi connectivity index (χ3v) is 3.01. The van der Waals surface area contributed by atoms with Crippen LogP contribution in [-0.4, -0.2) is 31.0 Å². The maximum atomic E-state index is 13.8. The molecular weight excluding hydrogens is 223 g/mol. The molecule has 0 radical (unpaired) electrons. The Labute approximate surface area is 101 Å². The molecule has 0 saturated heterocycles. The molecule has 0 aliphatic carbocycles. The Kier molecular flexibility index (Phi) is 4.48. The predicted molar refractivity (Wildman–Crippen MR) is 63.8 cm³/mol. The molecule has 0 fully saturated rings. The molecule has 1 rings (SSSR count). The van der Waals surface area contributed by atoms with Crippen LogP contribution in [0.5, 0.6) is 5.75 Å². The van der Waals surface area contributed by atoms with Crippen molar-refractivity contribution in [1.29, 1.82) is 0 Å². The summed E-state index contributed by atoms with van der Waals surface area (Å²) in [5, 5.41) is 9.99. The fraction of sp³-hybridized carbons (Fsp3) is 0.538. The molecule has 17 heavy (non-hydrogen) atoms. The molecule has 0 spiro atoms. The van der Waals surface area contributed by atoms with Crippen molar-refractivity contribution in [3.05, 3.63) is 29.6 Å². The molecule has 1 aromatic rings. The minimum atomic E-state index is -0.783. The van der Waals surface area contributed by atoms with Crippen molar-refractivity contribution in [2.45, 2.75) is 32.0 Å². The van der Waals surface area contributed by atoms with Crippen LogP contribution in [0.3, 0.4) is 0 Å². The molecule has 0 aliphatic heterocycles. The van der Waals surface area contributed by atoms with Crippen molar-refractivity contribution >= 4 is 0 Å². The maximum absolute atomic E-state index is 13.8. The van der Waals surface area contributed by atoms with Gasteiger partial charge in [-0.15, -0.1) is 0 Å².